The van der Waals surface area contributed by atoms with Gasteiger partial charge in [0.1, 0.15) is 11.6 Å². The number of hydrogen-bond donors (Lipinski definition) is 1. The Labute approximate surface area is 110 Å². The molecule has 106 valence electrons. The number of rotatable bonds is 2. The first kappa shape index (κ1) is 13.9. The zero-order valence-electron chi connectivity index (χ0n) is 11.1. The second-order valence-corrected chi connectivity index (χ2v) is 5.04. The highest BCUT2D eigenvalue weighted by molar-refractivity contribution is 5.50. The first-order valence-corrected chi connectivity index (χ1v) is 6.20. The van der Waals surface area contributed by atoms with Gasteiger partial charge in [-0.1, -0.05) is 13.8 Å². The predicted octanol–water partition coefficient (Wildman–Crippen LogP) is 2.63. The van der Waals surface area contributed by atoms with Crippen LogP contribution in [0.15, 0.2) is 6.07 Å². The van der Waals surface area contributed by atoms with Gasteiger partial charge in [-0.15, -0.1) is 0 Å². The molecule has 1 aliphatic heterocycles. The Kier molecular flexibility index (Phi) is 3.56. The summed E-state index contributed by atoms with van der Waals surface area (Å²) in [6.07, 6.45) is -4.53. The van der Waals surface area contributed by atoms with Crippen molar-refractivity contribution in [1.82, 2.24) is 9.97 Å². The second kappa shape index (κ2) is 4.86. The molecule has 1 N–H and O–H groups in total. The van der Waals surface area contributed by atoms with Crippen LogP contribution in [-0.2, 0) is 6.18 Å². The predicted molar refractivity (Wildman–Crippen MR) is 67.1 cm³/mol. The third-order valence-electron chi connectivity index (χ3n) is 3.53. The van der Waals surface area contributed by atoms with Crippen LogP contribution < -0.4 is 10.2 Å². The summed E-state index contributed by atoms with van der Waals surface area (Å²) in [5, 5.41) is 2.65. The van der Waals surface area contributed by atoms with Crippen LogP contribution in [0.5, 0.6) is 0 Å². The number of anilines is 2. The standard InChI is InChI=1S/C12H17F3N4/c1-7-5-19(6-8(7)2)10-4-9(16-3)17-11(18-10)12(13,14)15/h4,7-8H,5-6H2,1-3H3,(H,16,17,18). The van der Waals surface area contributed by atoms with Gasteiger partial charge in [0.15, 0.2) is 0 Å². The Morgan fingerprint density at radius 2 is 1.79 bits per heavy atom. The van der Waals surface area contributed by atoms with E-state index >= 15 is 0 Å². The lowest BCUT2D eigenvalue weighted by atomic mass is 10.0. The van der Waals surface area contributed by atoms with Crippen molar-refractivity contribution in [3.8, 4) is 0 Å². The second-order valence-electron chi connectivity index (χ2n) is 5.04. The van der Waals surface area contributed by atoms with Gasteiger partial charge in [0.05, 0.1) is 0 Å². The lowest BCUT2D eigenvalue weighted by Gasteiger charge is -2.19. The van der Waals surface area contributed by atoms with E-state index in [1.165, 1.54) is 0 Å². The maximum atomic E-state index is 12.8. The molecule has 7 heteroatoms. The van der Waals surface area contributed by atoms with E-state index in [-0.39, 0.29) is 5.82 Å². The van der Waals surface area contributed by atoms with Gasteiger partial charge >= 0.3 is 6.18 Å². The lowest BCUT2D eigenvalue weighted by Crippen LogP contribution is -2.23. The Bertz CT molecular complexity index is 451. The van der Waals surface area contributed by atoms with E-state index in [9.17, 15) is 13.2 Å². The average Bonchev–Trinajstić information content (AvgIpc) is 2.68. The van der Waals surface area contributed by atoms with Crippen LogP contribution in [0.25, 0.3) is 0 Å². The number of aromatic nitrogens is 2. The quantitative estimate of drug-likeness (QED) is 0.900. The number of alkyl halides is 3. The molecular formula is C12H17F3N4. The van der Waals surface area contributed by atoms with Crippen LogP contribution in [0.2, 0.25) is 0 Å². The van der Waals surface area contributed by atoms with Crippen molar-refractivity contribution in [3.05, 3.63) is 11.9 Å². The van der Waals surface area contributed by atoms with Crippen molar-refractivity contribution in [2.24, 2.45) is 11.8 Å². The highest BCUT2D eigenvalue weighted by atomic mass is 19.4. The summed E-state index contributed by atoms with van der Waals surface area (Å²) < 4.78 is 38.3. The van der Waals surface area contributed by atoms with E-state index < -0.39 is 12.0 Å². The van der Waals surface area contributed by atoms with Gasteiger partial charge in [0.25, 0.3) is 0 Å². The van der Waals surface area contributed by atoms with Gasteiger partial charge in [0, 0.05) is 26.2 Å². The van der Waals surface area contributed by atoms with Crippen LogP contribution in [0.1, 0.15) is 19.7 Å². The monoisotopic (exact) mass is 274 g/mol. The molecule has 1 aromatic rings. The summed E-state index contributed by atoms with van der Waals surface area (Å²) in [7, 11) is 1.54. The van der Waals surface area contributed by atoms with Crippen LogP contribution in [0.3, 0.4) is 0 Å². The summed E-state index contributed by atoms with van der Waals surface area (Å²) in [5.74, 6) is 0.318. The fourth-order valence-corrected chi connectivity index (χ4v) is 2.17. The minimum absolute atomic E-state index is 0.185. The third-order valence-corrected chi connectivity index (χ3v) is 3.53. The molecule has 2 atom stereocenters. The molecule has 0 aromatic carbocycles. The van der Waals surface area contributed by atoms with E-state index in [1.807, 2.05) is 4.90 Å². The molecule has 1 aromatic heterocycles. The molecule has 1 aliphatic rings. The first-order chi connectivity index (χ1) is 8.81. The summed E-state index contributed by atoms with van der Waals surface area (Å²) in [4.78, 5) is 8.99. The van der Waals surface area contributed by atoms with Crippen molar-refractivity contribution in [2.75, 3.05) is 30.4 Å². The summed E-state index contributed by atoms with van der Waals surface area (Å²) in [6, 6.07) is 1.56. The Morgan fingerprint density at radius 3 is 2.26 bits per heavy atom. The Morgan fingerprint density at radius 1 is 1.21 bits per heavy atom. The smallest absolute Gasteiger partial charge is 0.373 e. The molecule has 0 spiro atoms. The molecule has 1 saturated heterocycles. The van der Waals surface area contributed by atoms with Crippen molar-refractivity contribution < 1.29 is 13.2 Å². The van der Waals surface area contributed by atoms with Crippen molar-refractivity contribution in [3.63, 3.8) is 0 Å². The number of nitrogens with zero attached hydrogens (tertiary/aromatic N) is 3. The topological polar surface area (TPSA) is 41.0 Å². The number of halogens is 3. The van der Waals surface area contributed by atoms with E-state index in [0.717, 1.165) is 13.1 Å². The number of nitrogens with one attached hydrogen (secondary N) is 1. The summed E-state index contributed by atoms with van der Waals surface area (Å²) in [5.41, 5.74) is 0. The maximum absolute atomic E-state index is 12.8. The van der Waals surface area contributed by atoms with E-state index in [2.05, 4.69) is 29.1 Å². The first-order valence-electron chi connectivity index (χ1n) is 6.20. The largest absolute Gasteiger partial charge is 0.451 e. The fourth-order valence-electron chi connectivity index (χ4n) is 2.17. The normalized spacial score (nSPS) is 23.8. The average molecular weight is 274 g/mol. The Hall–Kier alpha value is -1.53. The van der Waals surface area contributed by atoms with Crippen LogP contribution in [-0.4, -0.2) is 30.1 Å². The van der Waals surface area contributed by atoms with Crippen molar-refractivity contribution >= 4 is 11.6 Å². The lowest BCUT2D eigenvalue weighted by molar-refractivity contribution is -0.144. The molecule has 0 amide bonds. The van der Waals surface area contributed by atoms with E-state index in [0.29, 0.717) is 17.7 Å². The molecule has 1 fully saturated rings. The van der Waals surface area contributed by atoms with E-state index in [1.54, 1.807) is 13.1 Å². The molecular weight excluding hydrogens is 257 g/mol. The van der Waals surface area contributed by atoms with Gasteiger partial charge < -0.3 is 10.2 Å². The van der Waals surface area contributed by atoms with Crippen molar-refractivity contribution in [2.45, 2.75) is 20.0 Å². The molecule has 2 heterocycles. The van der Waals surface area contributed by atoms with Crippen LogP contribution in [0, 0.1) is 11.8 Å². The molecule has 0 radical (unpaired) electrons. The Balaban J connectivity index is 2.35. The molecule has 4 nitrogen and oxygen atoms in total. The fraction of sp³-hybridized carbons (Fsp3) is 0.667. The third kappa shape index (κ3) is 2.90. The summed E-state index contributed by atoms with van der Waals surface area (Å²) >= 11 is 0. The van der Waals surface area contributed by atoms with Crippen molar-refractivity contribution in [1.29, 1.82) is 0 Å². The highest BCUT2D eigenvalue weighted by Crippen LogP contribution is 2.32. The van der Waals surface area contributed by atoms with Gasteiger partial charge in [-0.25, -0.2) is 9.97 Å². The van der Waals surface area contributed by atoms with Gasteiger partial charge in [-0.05, 0) is 11.8 Å². The molecule has 19 heavy (non-hydrogen) atoms. The van der Waals surface area contributed by atoms with Gasteiger partial charge in [-0.3, -0.25) is 0 Å². The summed E-state index contributed by atoms with van der Waals surface area (Å²) in [6.45, 7) is 5.63. The van der Waals surface area contributed by atoms with Gasteiger partial charge in [-0.2, -0.15) is 13.2 Å². The molecule has 2 unspecified atom stereocenters. The molecule has 0 saturated carbocycles. The SMILES string of the molecule is CNc1cc(N2CC(C)C(C)C2)nc(C(F)(F)F)n1. The zero-order valence-corrected chi connectivity index (χ0v) is 11.1. The zero-order chi connectivity index (χ0) is 14.2. The van der Waals surface area contributed by atoms with E-state index in [4.69, 9.17) is 0 Å². The highest BCUT2D eigenvalue weighted by Gasteiger charge is 2.36. The van der Waals surface area contributed by atoms with Gasteiger partial charge in [0.2, 0.25) is 5.82 Å². The molecule has 0 aliphatic carbocycles. The minimum Gasteiger partial charge on any atom is -0.373 e. The van der Waals surface area contributed by atoms with Crippen LogP contribution in [0.4, 0.5) is 24.8 Å². The molecule has 0 bridgehead atoms. The number of hydrogen-bond acceptors (Lipinski definition) is 4. The van der Waals surface area contributed by atoms with Crippen LogP contribution >= 0.6 is 0 Å². The molecule has 2 rings (SSSR count). The maximum Gasteiger partial charge on any atom is 0.451 e. The minimum atomic E-state index is -4.53.